The first-order chi connectivity index (χ1) is 10.7. The van der Waals surface area contributed by atoms with Gasteiger partial charge in [0.2, 0.25) is 5.91 Å². The van der Waals surface area contributed by atoms with Gasteiger partial charge in [-0.15, -0.1) is 0 Å². The van der Waals surface area contributed by atoms with E-state index in [4.69, 9.17) is 10.5 Å². The van der Waals surface area contributed by atoms with Crippen LogP contribution in [0, 0.1) is 5.92 Å². The fraction of sp³-hybridized carbons (Fsp3) is 0.611. The first-order valence-corrected chi connectivity index (χ1v) is 8.42. The molecule has 22 heavy (non-hydrogen) atoms. The summed E-state index contributed by atoms with van der Waals surface area (Å²) in [6.45, 7) is 2.31. The molecule has 3 rings (SSSR count). The number of amides is 1. The molecule has 0 bridgehead atoms. The predicted molar refractivity (Wildman–Crippen MR) is 86.1 cm³/mol. The van der Waals surface area contributed by atoms with E-state index >= 15 is 0 Å². The standard InChI is InChI=1S/C18H26N2O2/c19-16-7-6-15(12-16)18(21)20-10-8-17(9-11-20)22-13-14-4-2-1-3-5-14/h1-5,15-17H,6-13,19H2. The van der Waals surface area contributed by atoms with Gasteiger partial charge < -0.3 is 15.4 Å². The average molecular weight is 302 g/mol. The number of benzene rings is 1. The Morgan fingerprint density at radius 3 is 2.50 bits per heavy atom. The summed E-state index contributed by atoms with van der Waals surface area (Å²) in [5, 5.41) is 0. The minimum absolute atomic E-state index is 0.164. The molecule has 2 unspecified atom stereocenters. The van der Waals surface area contributed by atoms with Gasteiger partial charge >= 0.3 is 0 Å². The molecule has 1 aliphatic heterocycles. The zero-order valence-electron chi connectivity index (χ0n) is 13.1. The van der Waals surface area contributed by atoms with Crippen molar-refractivity contribution in [3.05, 3.63) is 35.9 Å². The van der Waals surface area contributed by atoms with Crippen LogP contribution in [0.2, 0.25) is 0 Å². The highest BCUT2D eigenvalue weighted by atomic mass is 16.5. The lowest BCUT2D eigenvalue weighted by Gasteiger charge is -2.33. The van der Waals surface area contributed by atoms with Crippen molar-refractivity contribution in [2.45, 2.75) is 50.9 Å². The van der Waals surface area contributed by atoms with E-state index in [0.29, 0.717) is 12.5 Å². The van der Waals surface area contributed by atoms with Crippen LogP contribution in [0.25, 0.3) is 0 Å². The van der Waals surface area contributed by atoms with E-state index in [0.717, 1.165) is 45.2 Å². The van der Waals surface area contributed by atoms with Crippen LogP contribution in [-0.4, -0.2) is 36.0 Å². The van der Waals surface area contributed by atoms with Crippen molar-refractivity contribution in [3.8, 4) is 0 Å². The van der Waals surface area contributed by atoms with Gasteiger partial charge in [-0.05, 0) is 37.7 Å². The second-order valence-corrected chi connectivity index (χ2v) is 6.59. The zero-order valence-corrected chi connectivity index (χ0v) is 13.1. The summed E-state index contributed by atoms with van der Waals surface area (Å²) in [6.07, 6.45) is 4.98. The van der Waals surface area contributed by atoms with Crippen molar-refractivity contribution >= 4 is 5.91 Å². The maximum Gasteiger partial charge on any atom is 0.225 e. The van der Waals surface area contributed by atoms with E-state index in [9.17, 15) is 4.79 Å². The average Bonchev–Trinajstić information content (AvgIpc) is 3.00. The Hall–Kier alpha value is -1.39. The maximum absolute atomic E-state index is 12.5. The Labute approximate surface area is 132 Å². The van der Waals surface area contributed by atoms with E-state index in [-0.39, 0.29) is 18.1 Å². The molecule has 4 nitrogen and oxygen atoms in total. The summed E-state index contributed by atoms with van der Waals surface area (Å²) < 4.78 is 5.98. The molecule has 2 N–H and O–H groups in total. The topological polar surface area (TPSA) is 55.6 Å². The van der Waals surface area contributed by atoms with Crippen LogP contribution in [-0.2, 0) is 16.1 Å². The summed E-state index contributed by atoms with van der Waals surface area (Å²) >= 11 is 0. The molecule has 4 heteroatoms. The third-order valence-electron chi connectivity index (χ3n) is 4.90. The SMILES string of the molecule is NC1CCC(C(=O)N2CCC(OCc3ccccc3)CC2)C1. The molecule has 1 saturated carbocycles. The fourth-order valence-corrected chi connectivity index (χ4v) is 3.53. The van der Waals surface area contributed by atoms with Crippen LogP contribution < -0.4 is 5.73 Å². The molecule has 2 fully saturated rings. The molecule has 0 spiro atoms. The molecule has 1 heterocycles. The van der Waals surface area contributed by atoms with Gasteiger partial charge in [-0.2, -0.15) is 0 Å². The summed E-state index contributed by atoms with van der Waals surface area (Å²) in [5.41, 5.74) is 7.13. The number of likely N-dealkylation sites (tertiary alicyclic amines) is 1. The lowest BCUT2D eigenvalue weighted by molar-refractivity contribution is -0.138. The van der Waals surface area contributed by atoms with Gasteiger partial charge in [0, 0.05) is 25.0 Å². The predicted octanol–water partition coefficient (Wildman–Crippen LogP) is 2.32. The van der Waals surface area contributed by atoms with Crippen LogP contribution in [0.1, 0.15) is 37.7 Å². The number of rotatable bonds is 4. The van der Waals surface area contributed by atoms with E-state index in [1.165, 1.54) is 5.56 Å². The Morgan fingerprint density at radius 1 is 1.14 bits per heavy atom. The zero-order chi connectivity index (χ0) is 15.4. The van der Waals surface area contributed by atoms with Gasteiger partial charge in [0.15, 0.2) is 0 Å². The van der Waals surface area contributed by atoms with Crippen molar-refractivity contribution < 1.29 is 9.53 Å². The summed E-state index contributed by atoms with van der Waals surface area (Å²) in [7, 11) is 0. The van der Waals surface area contributed by atoms with Crippen molar-refractivity contribution in [2.75, 3.05) is 13.1 Å². The minimum atomic E-state index is 0.164. The number of ether oxygens (including phenoxy) is 1. The molecule has 0 aromatic heterocycles. The smallest absolute Gasteiger partial charge is 0.225 e. The molecular formula is C18H26N2O2. The normalized spacial score (nSPS) is 26.3. The first kappa shape index (κ1) is 15.5. The van der Waals surface area contributed by atoms with Crippen LogP contribution in [0.15, 0.2) is 30.3 Å². The van der Waals surface area contributed by atoms with Gasteiger partial charge in [-0.1, -0.05) is 30.3 Å². The number of nitrogens with zero attached hydrogens (tertiary/aromatic N) is 1. The first-order valence-electron chi connectivity index (χ1n) is 8.42. The largest absolute Gasteiger partial charge is 0.373 e. The molecule has 2 aliphatic rings. The second-order valence-electron chi connectivity index (χ2n) is 6.59. The van der Waals surface area contributed by atoms with Crippen LogP contribution in [0.4, 0.5) is 0 Å². The van der Waals surface area contributed by atoms with E-state index in [1.54, 1.807) is 0 Å². The summed E-state index contributed by atoms with van der Waals surface area (Å²) in [4.78, 5) is 14.5. The van der Waals surface area contributed by atoms with Crippen LogP contribution in [0.5, 0.6) is 0 Å². The summed E-state index contributed by atoms with van der Waals surface area (Å²) in [5.74, 6) is 0.478. The van der Waals surface area contributed by atoms with Gasteiger partial charge in [-0.3, -0.25) is 4.79 Å². The number of hydrogen-bond acceptors (Lipinski definition) is 3. The number of piperidine rings is 1. The van der Waals surface area contributed by atoms with Crippen LogP contribution in [0.3, 0.4) is 0 Å². The number of hydrogen-bond donors (Lipinski definition) is 1. The van der Waals surface area contributed by atoms with Crippen molar-refractivity contribution in [1.82, 2.24) is 4.90 Å². The van der Waals surface area contributed by atoms with E-state index < -0.39 is 0 Å². The van der Waals surface area contributed by atoms with E-state index in [2.05, 4.69) is 12.1 Å². The number of nitrogens with two attached hydrogens (primary N) is 1. The molecule has 120 valence electrons. The van der Waals surface area contributed by atoms with E-state index in [1.807, 2.05) is 23.1 Å². The van der Waals surface area contributed by atoms with Gasteiger partial charge in [0.05, 0.1) is 12.7 Å². The Bertz CT molecular complexity index is 483. The number of carbonyl (C=O) groups excluding carboxylic acids is 1. The fourth-order valence-electron chi connectivity index (χ4n) is 3.53. The Morgan fingerprint density at radius 2 is 1.86 bits per heavy atom. The minimum Gasteiger partial charge on any atom is -0.373 e. The quantitative estimate of drug-likeness (QED) is 0.928. The highest BCUT2D eigenvalue weighted by Gasteiger charge is 2.32. The molecule has 0 radical (unpaired) electrons. The number of carbonyl (C=O) groups is 1. The van der Waals surface area contributed by atoms with Gasteiger partial charge in [-0.25, -0.2) is 0 Å². The molecule has 1 amide bonds. The highest BCUT2D eigenvalue weighted by Crippen LogP contribution is 2.27. The molecule has 1 saturated heterocycles. The molecule has 2 atom stereocenters. The Balaban J connectivity index is 1.41. The third-order valence-corrected chi connectivity index (χ3v) is 4.90. The lowest BCUT2D eigenvalue weighted by Crippen LogP contribution is -2.43. The Kier molecular flexibility index (Phi) is 5.11. The van der Waals surface area contributed by atoms with Gasteiger partial charge in [0.1, 0.15) is 0 Å². The second kappa shape index (κ2) is 7.25. The monoisotopic (exact) mass is 302 g/mol. The van der Waals surface area contributed by atoms with Crippen LogP contribution >= 0.6 is 0 Å². The maximum atomic E-state index is 12.5. The third kappa shape index (κ3) is 3.87. The summed E-state index contributed by atoms with van der Waals surface area (Å²) in [6, 6.07) is 10.5. The molecule has 1 aromatic rings. The highest BCUT2D eigenvalue weighted by molar-refractivity contribution is 5.79. The molecule has 1 aliphatic carbocycles. The van der Waals surface area contributed by atoms with Crippen molar-refractivity contribution in [2.24, 2.45) is 11.7 Å². The van der Waals surface area contributed by atoms with Gasteiger partial charge in [0.25, 0.3) is 0 Å². The van der Waals surface area contributed by atoms with Crippen molar-refractivity contribution in [3.63, 3.8) is 0 Å². The lowest BCUT2D eigenvalue weighted by atomic mass is 10.0. The molecular weight excluding hydrogens is 276 g/mol. The van der Waals surface area contributed by atoms with Crippen molar-refractivity contribution in [1.29, 1.82) is 0 Å². The molecule has 1 aromatic carbocycles.